The number of ether oxygens (including phenoxy) is 1. The Balaban J connectivity index is 1.28. The number of imidazole rings is 1. The quantitative estimate of drug-likeness (QED) is 0.275. The first-order chi connectivity index (χ1) is 16.1. The summed E-state index contributed by atoms with van der Waals surface area (Å²) in [5.74, 6) is 2.56. The minimum absolute atomic E-state index is 0.129. The maximum atomic E-state index is 11.0. The van der Waals surface area contributed by atoms with Crippen LogP contribution in [0.3, 0.4) is 0 Å². The largest absolute Gasteiger partial charge is 0.469 e. The van der Waals surface area contributed by atoms with Gasteiger partial charge >= 0.3 is 7.82 Å². The summed E-state index contributed by atoms with van der Waals surface area (Å²) in [7, 11) is -4.76. The van der Waals surface area contributed by atoms with Gasteiger partial charge in [-0.3, -0.25) is 9.09 Å². The van der Waals surface area contributed by atoms with E-state index in [1.54, 1.807) is 11.8 Å². The average molecular weight is 514 g/mol. The molecule has 4 bridgehead atoms. The summed E-state index contributed by atoms with van der Waals surface area (Å²) in [5.41, 5.74) is 6.95. The molecule has 0 radical (unpaired) electrons. The first-order valence-electron chi connectivity index (χ1n) is 11.5. The fourth-order valence-electron chi connectivity index (χ4n) is 6.77. The molecule has 5 aliphatic rings. The van der Waals surface area contributed by atoms with Gasteiger partial charge in [-0.1, -0.05) is 11.8 Å². The zero-order chi connectivity index (χ0) is 23.8. The molecule has 0 unspecified atom stereocenters. The summed E-state index contributed by atoms with van der Waals surface area (Å²) in [4.78, 5) is 31.4. The smallest absolute Gasteiger partial charge is 0.387 e. The number of thioether (sulfide) groups is 1. The molecule has 186 valence electrons. The number of hydrogen-bond donors (Lipinski definition) is 5. The highest BCUT2D eigenvalue weighted by molar-refractivity contribution is 8.00. The van der Waals surface area contributed by atoms with Gasteiger partial charge in [-0.25, -0.2) is 19.5 Å². The lowest BCUT2D eigenvalue weighted by Crippen LogP contribution is -2.48. The molecular weight excluding hydrogens is 485 g/mol. The highest BCUT2D eigenvalue weighted by atomic mass is 32.2. The van der Waals surface area contributed by atoms with Crippen molar-refractivity contribution in [3.05, 3.63) is 6.33 Å². The maximum absolute atomic E-state index is 11.0. The predicted octanol–water partition coefficient (Wildman–Crippen LogP) is 1.20. The second kappa shape index (κ2) is 8.10. The van der Waals surface area contributed by atoms with Crippen molar-refractivity contribution in [3.8, 4) is 0 Å². The number of hydrogen-bond acceptors (Lipinski definition) is 10. The molecular formula is C20H28N5O7PS. The minimum atomic E-state index is -4.76. The summed E-state index contributed by atoms with van der Waals surface area (Å²) in [6.45, 7) is -0.587. The lowest BCUT2D eigenvalue weighted by atomic mass is 9.56. The van der Waals surface area contributed by atoms with Gasteiger partial charge < -0.3 is 30.5 Å². The molecule has 0 amide bonds. The predicted molar refractivity (Wildman–Crippen MR) is 120 cm³/mol. The third-order valence-electron chi connectivity index (χ3n) is 7.74. The third-order valence-corrected chi connectivity index (χ3v) is 9.52. The molecule has 14 heteroatoms. The van der Waals surface area contributed by atoms with Crippen molar-refractivity contribution in [2.45, 2.75) is 73.0 Å². The van der Waals surface area contributed by atoms with Gasteiger partial charge in [0.1, 0.15) is 23.8 Å². The second-order valence-electron chi connectivity index (χ2n) is 10.3. The molecule has 34 heavy (non-hydrogen) atoms. The molecule has 7 rings (SSSR count). The molecule has 1 saturated heterocycles. The lowest BCUT2D eigenvalue weighted by Gasteiger charge is -2.56. The molecule has 4 aliphatic carbocycles. The molecule has 5 fully saturated rings. The molecule has 3 heterocycles. The molecule has 2 aromatic rings. The Hall–Kier alpha value is -1.31. The number of anilines is 1. The normalized spacial score (nSPS) is 39.4. The summed E-state index contributed by atoms with van der Waals surface area (Å²) in [5, 5.41) is 21.5. The van der Waals surface area contributed by atoms with Crippen molar-refractivity contribution in [3.63, 3.8) is 0 Å². The van der Waals surface area contributed by atoms with Gasteiger partial charge in [0.15, 0.2) is 22.8 Å². The van der Waals surface area contributed by atoms with Crippen LogP contribution in [0, 0.1) is 17.8 Å². The number of nitrogens with zero attached hydrogens (tertiary/aromatic N) is 4. The molecule has 0 spiro atoms. The van der Waals surface area contributed by atoms with Crippen LogP contribution in [0.5, 0.6) is 0 Å². The van der Waals surface area contributed by atoms with Crippen LogP contribution in [0.1, 0.15) is 44.8 Å². The van der Waals surface area contributed by atoms with Crippen molar-refractivity contribution in [2.75, 3.05) is 12.3 Å². The van der Waals surface area contributed by atoms with E-state index < -0.39 is 39.0 Å². The first kappa shape index (κ1) is 23.1. The van der Waals surface area contributed by atoms with Gasteiger partial charge in [-0.2, -0.15) is 0 Å². The average Bonchev–Trinajstić information content (AvgIpc) is 3.26. The Morgan fingerprint density at radius 3 is 2.41 bits per heavy atom. The molecule has 4 saturated carbocycles. The number of fused-ring (bicyclic) bond motifs is 1. The summed E-state index contributed by atoms with van der Waals surface area (Å²) in [6, 6.07) is 0. The lowest BCUT2D eigenvalue weighted by molar-refractivity contribution is -0.0504. The van der Waals surface area contributed by atoms with E-state index in [1.165, 1.54) is 49.4 Å². The SMILES string of the molecule is Nc1nc(SC23CC4CC(CC(C4)C2)C3)nc2c1ncn2[C@@H]1O[C@H](COP(=O)(O)O)[C@@H](O)[C@H]1O. The van der Waals surface area contributed by atoms with Gasteiger partial charge in [0.05, 0.1) is 12.9 Å². The topological polar surface area (TPSA) is 186 Å². The molecule has 1 aliphatic heterocycles. The Kier molecular flexibility index (Phi) is 5.51. The monoisotopic (exact) mass is 513 g/mol. The van der Waals surface area contributed by atoms with Crippen LogP contribution in [0.4, 0.5) is 5.82 Å². The minimum Gasteiger partial charge on any atom is -0.387 e. The molecule has 12 nitrogen and oxygen atoms in total. The number of rotatable bonds is 6. The Morgan fingerprint density at radius 1 is 1.15 bits per heavy atom. The second-order valence-corrected chi connectivity index (χ2v) is 12.9. The molecule has 2 aromatic heterocycles. The number of nitrogens with two attached hydrogens (primary N) is 1. The zero-order valence-electron chi connectivity index (χ0n) is 18.3. The number of phosphoric ester groups is 1. The highest BCUT2D eigenvalue weighted by Crippen LogP contribution is 2.61. The van der Waals surface area contributed by atoms with E-state index in [9.17, 15) is 14.8 Å². The van der Waals surface area contributed by atoms with Gasteiger partial charge in [0, 0.05) is 4.75 Å². The van der Waals surface area contributed by atoms with E-state index >= 15 is 0 Å². The molecule has 0 aromatic carbocycles. The number of phosphoric acid groups is 1. The van der Waals surface area contributed by atoms with Gasteiger partial charge in [0.25, 0.3) is 0 Å². The Labute approximate surface area is 199 Å². The molecule has 6 N–H and O–H groups in total. The van der Waals surface area contributed by atoms with Crippen molar-refractivity contribution in [1.29, 1.82) is 0 Å². The first-order valence-corrected chi connectivity index (χ1v) is 13.8. The standard InChI is InChI=1S/C20H28N5O7PS/c21-16-13-17(24-19(23-16)34-20-4-9-1-10(5-20)3-11(2-9)6-20)25(8-22-13)18-15(27)14(26)12(32-18)7-31-33(28,29)30/h8-12,14-15,18,26-27H,1-7H2,(H2,21,23,24)(H2,28,29,30)/t9?,10?,11?,12-,14-,15-,18-,20?/m1/s1. The number of aliphatic hydroxyl groups excluding tert-OH is 2. The molecule has 4 atom stereocenters. The fourth-order valence-corrected chi connectivity index (χ4v) is 8.73. The van der Waals surface area contributed by atoms with Crippen molar-refractivity contribution in [2.24, 2.45) is 17.8 Å². The van der Waals surface area contributed by atoms with Crippen LogP contribution in [0.25, 0.3) is 11.2 Å². The summed E-state index contributed by atoms with van der Waals surface area (Å²) in [6.07, 6.45) is 3.87. The van der Waals surface area contributed by atoms with Gasteiger partial charge in [0.2, 0.25) is 0 Å². The summed E-state index contributed by atoms with van der Waals surface area (Å²) >= 11 is 1.69. The van der Waals surface area contributed by atoms with Crippen LogP contribution in [-0.2, 0) is 13.8 Å². The highest BCUT2D eigenvalue weighted by Gasteiger charge is 2.52. The van der Waals surface area contributed by atoms with Crippen LogP contribution in [-0.4, -0.2) is 69.2 Å². The van der Waals surface area contributed by atoms with E-state index in [4.69, 9.17) is 25.2 Å². The van der Waals surface area contributed by atoms with Crippen LogP contribution >= 0.6 is 19.6 Å². The van der Waals surface area contributed by atoms with Crippen molar-refractivity contribution < 1.29 is 33.8 Å². The van der Waals surface area contributed by atoms with Crippen LogP contribution < -0.4 is 5.73 Å². The van der Waals surface area contributed by atoms with Crippen LogP contribution in [0.15, 0.2) is 11.5 Å². The van der Waals surface area contributed by atoms with E-state index in [2.05, 4.69) is 14.5 Å². The number of aliphatic hydroxyl groups is 2. The number of nitrogen functional groups attached to an aromatic ring is 1. The van der Waals surface area contributed by atoms with E-state index in [0.29, 0.717) is 16.3 Å². The Bertz CT molecular complexity index is 1120. The van der Waals surface area contributed by atoms with E-state index in [0.717, 1.165) is 17.8 Å². The third kappa shape index (κ3) is 4.05. The van der Waals surface area contributed by atoms with Gasteiger partial charge in [-0.15, -0.1) is 0 Å². The maximum Gasteiger partial charge on any atom is 0.469 e. The van der Waals surface area contributed by atoms with E-state index in [1.807, 2.05) is 0 Å². The van der Waals surface area contributed by atoms with Crippen LogP contribution in [0.2, 0.25) is 0 Å². The van der Waals surface area contributed by atoms with E-state index in [-0.39, 0.29) is 10.6 Å². The Morgan fingerprint density at radius 2 is 1.79 bits per heavy atom. The summed E-state index contributed by atoms with van der Waals surface area (Å²) < 4.78 is 22.8. The fraction of sp³-hybridized carbons (Fsp3) is 0.750. The zero-order valence-corrected chi connectivity index (χ0v) is 20.0. The van der Waals surface area contributed by atoms with Crippen molar-refractivity contribution in [1.82, 2.24) is 19.5 Å². The van der Waals surface area contributed by atoms with Gasteiger partial charge in [-0.05, 0) is 56.3 Å². The van der Waals surface area contributed by atoms with Crippen molar-refractivity contribution >= 4 is 36.6 Å². The number of aromatic nitrogens is 4.